The van der Waals surface area contributed by atoms with Gasteiger partial charge in [-0.1, -0.05) is 6.07 Å². The van der Waals surface area contributed by atoms with Gasteiger partial charge in [0.1, 0.15) is 0 Å². The molecule has 0 spiro atoms. The van der Waals surface area contributed by atoms with Crippen LogP contribution in [0.15, 0.2) is 47.4 Å². The topological polar surface area (TPSA) is 108 Å². The smallest absolute Gasteiger partial charge is 0.338 e. The number of esters is 1. The van der Waals surface area contributed by atoms with Crippen molar-refractivity contribution in [1.82, 2.24) is 4.31 Å². The molecule has 0 saturated carbocycles. The van der Waals surface area contributed by atoms with E-state index in [4.69, 9.17) is 18.9 Å². The molecule has 4 rings (SSSR count). The van der Waals surface area contributed by atoms with Crippen LogP contribution < -0.4 is 9.47 Å². The van der Waals surface area contributed by atoms with Crippen molar-refractivity contribution in [1.29, 1.82) is 0 Å². The van der Waals surface area contributed by atoms with Crippen molar-refractivity contribution in [3.8, 4) is 11.5 Å². The van der Waals surface area contributed by atoms with Crippen LogP contribution in [-0.4, -0.2) is 69.6 Å². The number of carbonyl (C=O) groups is 2. The number of rotatable bonds is 6. The van der Waals surface area contributed by atoms with Crippen LogP contribution >= 0.6 is 0 Å². The predicted octanol–water partition coefficient (Wildman–Crippen LogP) is 2.69. The van der Waals surface area contributed by atoms with Crippen molar-refractivity contribution >= 4 is 21.8 Å². The van der Waals surface area contributed by atoms with Gasteiger partial charge in [-0.05, 0) is 50.2 Å². The van der Waals surface area contributed by atoms with Crippen LogP contribution in [0.5, 0.6) is 11.5 Å². The minimum Gasteiger partial charge on any atom is -0.490 e. The first kappa shape index (κ1) is 24.2. The molecular weight excluding hydrogens is 462 g/mol. The zero-order chi connectivity index (χ0) is 24.3. The number of hydrogen-bond acceptors (Lipinski definition) is 8. The standard InChI is InChI=1S/C24H27NO8S/c1-16-13-25(14-17(2)33-16)34(28,29)20-6-3-5-19(11-20)24(27)32-15-21(26)18-7-8-22-23(12-18)31-10-4-9-30-22/h3,5-8,11-12,16-17H,4,9-10,13-15H2,1-2H3. The third kappa shape index (κ3) is 5.40. The molecule has 2 atom stereocenters. The summed E-state index contributed by atoms with van der Waals surface area (Å²) in [4.78, 5) is 25.1. The lowest BCUT2D eigenvalue weighted by molar-refractivity contribution is -0.0440. The van der Waals surface area contributed by atoms with Crippen molar-refractivity contribution < 1.29 is 37.0 Å². The van der Waals surface area contributed by atoms with Gasteiger partial charge in [-0.3, -0.25) is 4.79 Å². The van der Waals surface area contributed by atoms with E-state index in [0.29, 0.717) is 30.3 Å². The Kier molecular flexibility index (Phi) is 7.20. The number of morpholine rings is 1. The number of carbonyl (C=O) groups excluding carboxylic acids is 2. The van der Waals surface area contributed by atoms with Crippen LogP contribution in [0, 0.1) is 0 Å². The fraction of sp³-hybridized carbons (Fsp3) is 0.417. The molecule has 0 radical (unpaired) electrons. The number of sulfonamides is 1. The van der Waals surface area contributed by atoms with E-state index < -0.39 is 28.4 Å². The molecule has 0 amide bonds. The Balaban J connectivity index is 1.43. The van der Waals surface area contributed by atoms with E-state index in [9.17, 15) is 18.0 Å². The molecular formula is C24H27NO8S. The molecule has 9 nitrogen and oxygen atoms in total. The van der Waals surface area contributed by atoms with Gasteiger partial charge in [-0.15, -0.1) is 0 Å². The summed E-state index contributed by atoms with van der Waals surface area (Å²) in [7, 11) is -3.82. The van der Waals surface area contributed by atoms with Crippen LogP contribution in [0.25, 0.3) is 0 Å². The number of hydrogen-bond donors (Lipinski definition) is 0. The fourth-order valence-electron chi connectivity index (χ4n) is 3.89. The zero-order valence-corrected chi connectivity index (χ0v) is 19.9. The maximum Gasteiger partial charge on any atom is 0.338 e. The van der Waals surface area contributed by atoms with Gasteiger partial charge in [0.15, 0.2) is 23.9 Å². The fourth-order valence-corrected chi connectivity index (χ4v) is 5.53. The van der Waals surface area contributed by atoms with E-state index in [1.807, 2.05) is 13.8 Å². The first-order valence-corrected chi connectivity index (χ1v) is 12.5. The van der Waals surface area contributed by atoms with Gasteiger partial charge in [-0.25, -0.2) is 13.2 Å². The van der Waals surface area contributed by atoms with Crippen molar-refractivity contribution in [2.75, 3.05) is 32.9 Å². The largest absolute Gasteiger partial charge is 0.490 e. The molecule has 2 aromatic rings. The molecule has 0 bridgehead atoms. The van der Waals surface area contributed by atoms with E-state index in [2.05, 4.69) is 0 Å². The summed E-state index contributed by atoms with van der Waals surface area (Å²) in [6, 6.07) is 10.4. The van der Waals surface area contributed by atoms with Crippen molar-refractivity contribution in [3.63, 3.8) is 0 Å². The number of benzene rings is 2. The summed E-state index contributed by atoms with van der Waals surface area (Å²) >= 11 is 0. The van der Waals surface area contributed by atoms with Crippen LogP contribution in [-0.2, 0) is 19.5 Å². The average molecular weight is 490 g/mol. The lowest BCUT2D eigenvalue weighted by Crippen LogP contribution is -2.48. The summed E-state index contributed by atoms with van der Waals surface area (Å²) in [6.45, 7) is 4.61. The average Bonchev–Trinajstić information content (AvgIpc) is 3.06. The number of ketones is 1. The highest BCUT2D eigenvalue weighted by molar-refractivity contribution is 7.89. The van der Waals surface area contributed by atoms with E-state index in [0.717, 1.165) is 6.42 Å². The van der Waals surface area contributed by atoms with Crippen LogP contribution in [0.4, 0.5) is 0 Å². The predicted molar refractivity (Wildman–Crippen MR) is 122 cm³/mol. The number of fused-ring (bicyclic) bond motifs is 1. The minimum atomic E-state index is -3.82. The summed E-state index contributed by atoms with van der Waals surface area (Å²) in [5.41, 5.74) is 0.367. The Labute approximate surface area is 198 Å². The highest BCUT2D eigenvalue weighted by Crippen LogP contribution is 2.30. The quantitative estimate of drug-likeness (QED) is 0.450. The Morgan fingerprint density at radius 3 is 2.41 bits per heavy atom. The lowest BCUT2D eigenvalue weighted by Gasteiger charge is -2.34. The van der Waals surface area contributed by atoms with Gasteiger partial charge in [0, 0.05) is 25.1 Å². The normalized spacial score (nSPS) is 20.9. The Morgan fingerprint density at radius 2 is 1.68 bits per heavy atom. The Hall–Kier alpha value is -2.95. The second kappa shape index (κ2) is 10.1. The molecule has 2 aliphatic heterocycles. The SMILES string of the molecule is CC1CN(S(=O)(=O)c2cccc(C(=O)OCC(=O)c3ccc4c(c3)OCCCO4)c2)CC(C)O1. The maximum atomic E-state index is 13.1. The molecule has 10 heteroatoms. The molecule has 2 aromatic carbocycles. The minimum absolute atomic E-state index is 0.0162. The molecule has 1 saturated heterocycles. The highest BCUT2D eigenvalue weighted by atomic mass is 32.2. The van der Waals surface area contributed by atoms with Crippen molar-refractivity contribution in [2.45, 2.75) is 37.4 Å². The molecule has 2 aliphatic rings. The molecule has 34 heavy (non-hydrogen) atoms. The van der Waals surface area contributed by atoms with Crippen LogP contribution in [0.2, 0.25) is 0 Å². The first-order chi connectivity index (χ1) is 16.2. The van der Waals surface area contributed by atoms with Crippen molar-refractivity contribution in [2.24, 2.45) is 0 Å². The maximum absolute atomic E-state index is 13.1. The lowest BCUT2D eigenvalue weighted by atomic mass is 10.1. The van der Waals surface area contributed by atoms with E-state index >= 15 is 0 Å². The van der Waals surface area contributed by atoms with Gasteiger partial charge in [-0.2, -0.15) is 4.31 Å². The van der Waals surface area contributed by atoms with Gasteiger partial charge in [0.25, 0.3) is 0 Å². The zero-order valence-electron chi connectivity index (χ0n) is 19.1. The first-order valence-electron chi connectivity index (χ1n) is 11.1. The van der Waals surface area contributed by atoms with Crippen LogP contribution in [0.3, 0.4) is 0 Å². The molecule has 2 unspecified atom stereocenters. The highest BCUT2D eigenvalue weighted by Gasteiger charge is 2.32. The van der Waals surface area contributed by atoms with Gasteiger partial charge in [0.05, 0.1) is 35.9 Å². The molecule has 0 aliphatic carbocycles. The molecule has 2 heterocycles. The van der Waals surface area contributed by atoms with E-state index in [1.54, 1.807) is 18.2 Å². The number of nitrogens with zero attached hydrogens (tertiary/aromatic N) is 1. The monoisotopic (exact) mass is 489 g/mol. The third-order valence-electron chi connectivity index (χ3n) is 5.50. The van der Waals surface area contributed by atoms with Gasteiger partial charge >= 0.3 is 5.97 Å². The molecule has 1 fully saturated rings. The summed E-state index contributed by atoms with van der Waals surface area (Å²) < 4.78 is 49.4. The number of ether oxygens (including phenoxy) is 4. The molecule has 0 N–H and O–H groups in total. The summed E-state index contributed by atoms with van der Waals surface area (Å²) in [5, 5.41) is 0. The molecule has 182 valence electrons. The number of Topliss-reactive ketones (excluding diaryl/α,β-unsaturated/α-hetero) is 1. The van der Waals surface area contributed by atoms with Crippen LogP contribution in [0.1, 0.15) is 41.0 Å². The Morgan fingerprint density at radius 1 is 0.971 bits per heavy atom. The second-order valence-corrected chi connectivity index (χ2v) is 10.3. The molecule has 0 aromatic heterocycles. The van der Waals surface area contributed by atoms with Gasteiger partial charge in [0.2, 0.25) is 10.0 Å². The van der Waals surface area contributed by atoms with E-state index in [1.165, 1.54) is 28.6 Å². The third-order valence-corrected chi connectivity index (χ3v) is 7.33. The van der Waals surface area contributed by atoms with E-state index in [-0.39, 0.29) is 35.8 Å². The Bertz CT molecular complexity index is 1170. The second-order valence-electron chi connectivity index (χ2n) is 8.32. The van der Waals surface area contributed by atoms with Gasteiger partial charge < -0.3 is 18.9 Å². The summed E-state index contributed by atoms with van der Waals surface area (Å²) in [6.07, 6.45) is 0.277. The van der Waals surface area contributed by atoms with Crippen molar-refractivity contribution in [3.05, 3.63) is 53.6 Å². The summed E-state index contributed by atoms with van der Waals surface area (Å²) in [5.74, 6) is -0.167.